The largest absolute Gasteiger partial charge is 0.497 e. The van der Waals surface area contributed by atoms with Crippen LogP contribution in [0.4, 0.5) is 0 Å². The maximum atomic E-state index is 5.29. The van der Waals surface area contributed by atoms with Gasteiger partial charge in [0, 0.05) is 0 Å². The van der Waals surface area contributed by atoms with Crippen LogP contribution in [0, 0.1) is 20.8 Å². The highest BCUT2D eigenvalue weighted by atomic mass is 31.1. The summed E-state index contributed by atoms with van der Waals surface area (Å²) in [6, 6.07) is 51.7. The van der Waals surface area contributed by atoms with Gasteiger partial charge in [-0.05, 0) is 133 Å². The van der Waals surface area contributed by atoms with Crippen LogP contribution in [-0.2, 0) is 18.5 Å². The second-order valence-electron chi connectivity index (χ2n) is 12.4. The molecule has 0 aliphatic rings. The van der Waals surface area contributed by atoms with Crippen LogP contribution in [0.5, 0.6) is 17.2 Å². The molecule has 0 aliphatic heterocycles. The zero-order valence-electron chi connectivity index (χ0n) is 30.1. The van der Waals surface area contributed by atoms with Gasteiger partial charge in [-0.25, -0.2) is 0 Å². The molecule has 0 heterocycles. The van der Waals surface area contributed by atoms with E-state index in [0.717, 1.165) is 35.7 Å². The molecule has 0 atom stereocenters. The van der Waals surface area contributed by atoms with Crippen LogP contribution in [0.2, 0.25) is 0 Å². The van der Waals surface area contributed by atoms with Gasteiger partial charge in [-0.2, -0.15) is 0 Å². The highest BCUT2D eigenvalue weighted by Crippen LogP contribution is 2.47. The van der Waals surface area contributed by atoms with E-state index in [-0.39, 0.29) is 7.92 Å². The molecule has 0 radical (unpaired) electrons. The maximum absolute atomic E-state index is 5.29. The summed E-state index contributed by atoms with van der Waals surface area (Å²) in [7, 11) is 4.35. The van der Waals surface area contributed by atoms with Crippen molar-refractivity contribution in [1.82, 2.24) is 0 Å². The number of hydrogen-bond donors (Lipinski definition) is 0. The summed E-state index contributed by atoms with van der Waals surface area (Å²) in [5, 5.41) is 4.38. The van der Waals surface area contributed by atoms with E-state index < -0.39 is 7.92 Å². The molecular weight excluding hydrogens is 650 g/mol. The van der Waals surface area contributed by atoms with E-state index in [1.807, 2.05) is 36.4 Å². The minimum absolute atomic E-state index is 0.254. The van der Waals surface area contributed by atoms with E-state index in [0.29, 0.717) is 0 Å². The third-order valence-electron chi connectivity index (χ3n) is 8.76. The Balaban J connectivity index is 0.000000200. The van der Waals surface area contributed by atoms with Gasteiger partial charge < -0.3 is 14.2 Å². The molecule has 0 saturated carbocycles. The lowest BCUT2D eigenvalue weighted by Crippen LogP contribution is -2.25. The summed E-state index contributed by atoms with van der Waals surface area (Å²) in [4.78, 5) is 0. The van der Waals surface area contributed by atoms with Crippen LogP contribution >= 0.6 is 15.8 Å². The number of ether oxygens (including phenoxy) is 3. The zero-order chi connectivity index (χ0) is 35.3. The van der Waals surface area contributed by atoms with E-state index in [2.05, 4.69) is 130 Å². The molecule has 6 aromatic rings. The summed E-state index contributed by atoms with van der Waals surface area (Å²) in [5.74, 6) is 2.70. The molecule has 0 spiro atoms. The predicted molar refractivity (Wildman–Crippen MR) is 216 cm³/mol. The second kappa shape index (κ2) is 18.5. The lowest BCUT2D eigenvalue weighted by Gasteiger charge is -2.24. The average Bonchev–Trinajstić information content (AvgIpc) is 3.15. The van der Waals surface area contributed by atoms with Gasteiger partial charge in [-0.15, -0.1) is 0 Å². The first kappa shape index (κ1) is 36.9. The fourth-order valence-corrected chi connectivity index (χ4v) is 11.3. The smallest absolute Gasteiger partial charge is 0.118 e. The van der Waals surface area contributed by atoms with Crippen LogP contribution in [0.15, 0.2) is 146 Å². The molecule has 50 heavy (non-hydrogen) atoms. The highest BCUT2D eigenvalue weighted by Gasteiger charge is 2.21. The highest BCUT2D eigenvalue weighted by molar-refractivity contribution is 7.80. The number of methoxy groups -OCH3 is 3. The van der Waals surface area contributed by atoms with Crippen LogP contribution in [-0.4, -0.2) is 21.3 Å². The van der Waals surface area contributed by atoms with Crippen molar-refractivity contribution in [3.8, 4) is 17.2 Å². The van der Waals surface area contributed by atoms with Crippen LogP contribution in [0.3, 0.4) is 0 Å². The maximum Gasteiger partial charge on any atom is 0.118 e. The molecule has 6 rings (SSSR count). The molecule has 5 heteroatoms. The number of aryl methyl sites for hydroxylation is 3. The van der Waals surface area contributed by atoms with Gasteiger partial charge in [0.25, 0.3) is 0 Å². The molecule has 0 saturated heterocycles. The Morgan fingerprint density at radius 3 is 0.860 bits per heavy atom. The predicted octanol–water partition coefficient (Wildman–Crippen LogP) is 10.5. The first-order valence-corrected chi connectivity index (χ1v) is 20.2. The average molecular weight is 699 g/mol. The van der Waals surface area contributed by atoms with Crippen molar-refractivity contribution in [2.75, 3.05) is 21.3 Å². The summed E-state index contributed by atoms with van der Waals surface area (Å²) in [6.45, 7) is 6.67. The Bertz CT molecular complexity index is 1690. The van der Waals surface area contributed by atoms with Gasteiger partial charge in [0.2, 0.25) is 0 Å². The second-order valence-corrected chi connectivity index (χ2v) is 16.8. The molecule has 256 valence electrons. The van der Waals surface area contributed by atoms with Crippen LogP contribution in [0.25, 0.3) is 0 Å². The molecule has 0 fully saturated rings. The van der Waals surface area contributed by atoms with Crippen molar-refractivity contribution < 1.29 is 14.2 Å². The van der Waals surface area contributed by atoms with Crippen molar-refractivity contribution in [3.05, 3.63) is 179 Å². The number of rotatable bonds is 12. The molecule has 0 aromatic heterocycles. The van der Waals surface area contributed by atoms with Gasteiger partial charge in [0.1, 0.15) is 17.2 Å². The summed E-state index contributed by atoms with van der Waals surface area (Å²) >= 11 is 0. The van der Waals surface area contributed by atoms with Gasteiger partial charge in [-0.3, -0.25) is 0 Å². The third kappa shape index (κ3) is 10.1. The summed E-state index contributed by atoms with van der Waals surface area (Å²) in [5.41, 5.74) is 8.19. The third-order valence-corrected chi connectivity index (χ3v) is 14.2. The lowest BCUT2D eigenvalue weighted by atomic mass is 10.2. The number of hydrogen-bond acceptors (Lipinski definition) is 3. The first-order valence-electron chi connectivity index (χ1n) is 17.0. The summed E-state index contributed by atoms with van der Waals surface area (Å²) in [6.07, 6.45) is 3.24. The van der Waals surface area contributed by atoms with Crippen molar-refractivity contribution in [1.29, 1.82) is 0 Å². The van der Waals surface area contributed by atoms with Gasteiger partial charge in [-0.1, -0.05) is 117 Å². The Morgan fingerprint density at radius 2 is 0.620 bits per heavy atom. The molecule has 0 N–H and O–H groups in total. The monoisotopic (exact) mass is 698 g/mol. The minimum atomic E-state index is -0.508. The molecule has 0 bridgehead atoms. The van der Waals surface area contributed by atoms with Crippen molar-refractivity contribution in [2.45, 2.75) is 39.3 Å². The SMILES string of the molecule is COc1ccc(CP(Cc2ccc(OC)cc2)Cc2ccc(OC)cc2)cc1.Cc1ccccc1P(c1ccccc1C)c1ccccc1C. The molecule has 0 aliphatic carbocycles. The lowest BCUT2D eigenvalue weighted by molar-refractivity contribution is 0.414. The normalized spacial score (nSPS) is 10.8. The number of benzene rings is 6. The molecular formula is C45H48O3P2. The van der Waals surface area contributed by atoms with Gasteiger partial charge >= 0.3 is 0 Å². The first-order chi connectivity index (χ1) is 24.4. The van der Waals surface area contributed by atoms with E-state index in [4.69, 9.17) is 14.2 Å². The fourth-order valence-electron chi connectivity index (χ4n) is 5.97. The van der Waals surface area contributed by atoms with Crippen molar-refractivity contribution in [2.24, 2.45) is 0 Å². The standard InChI is InChI=1S/C24H27O3P.C21H21P/c1-25-22-10-4-19(5-11-22)16-28(17-20-6-12-23(26-2)13-7-20)18-21-8-14-24(27-3)15-9-21;1-16-10-4-7-13-19(16)22(20-14-8-5-11-17(20)2)21-15-9-6-12-18(21)3/h4-15H,16-18H2,1-3H3;4-15H,1-3H3. The Labute approximate surface area is 301 Å². The summed E-state index contributed by atoms with van der Waals surface area (Å²) < 4.78 is 15.9. The quantitative estimate of drug-likeness (QED) is 0.119. The Hall–Kier alpha value is -4.42. The van der Waals surface area contributed by atoms with Gasteiger partial charge in [0.05, 0.1) is 21.3 Å². The van der Waals surface area contributed by atoms with Crippen molar-refractivity contribution in [3.63, 3.8) is 0 Å². The zero-order valence-corrected chi connectivity index (χ0v) is 31.9. The fraction of sp³-hybridized carbons (Fsp3) is 0.200. The van der Waals surface area contributed by atoms with Crippen LogP contribution < -0.4 is 30.1 Å². The van der Waals surface area contributed by atoms with E-state index in [1.54, 1.807) is 21.3 Å². The van der Waals surface area contributed by atoms with Gasteiger partial charge in [0.15, 0.2) is 0 Å². The Kier molecular flexibility index (Phi) is 13.7. The van der Waals surface area contributed by atoms with Crippen LogP contribution in [0.1, 0.15) is 33.4 Å². The van der Waals surface area contributed by atoms with E-state index >= 15 is 0 Å². The van der Waals surface area contributed by atoms with Crippen molar-refractivity contribution >= 4 is 31.8 Å². The molecule has 0 unspecified atom stereocenters. The van der Waals surface area contributed by atoms with E-state index in [1.165, 1.54) is 49.3 Å². The molecule has 0 amide bonds. The molecule has 6 aromatic carbocycles. The Morgan fingerprint density at radius 1 is 0.360 bits per heavy atom. The topological polar surface area (TPSA) is 27.7 Å². The van der Waals surface area contributed by atoms with E-state index in [9.17, 15) is 0 Å². The minimum Gasteiger partial charge on any atom is -0.497 e. The molecule has 3 nitrogen and oxygen atoms in total.